The van der Waals surface area contributed by atoms with E-state index in [9.17, 15) is 0 Å². The minimum absolute atomic E-state index is 0.232. The van der Waals surface area contributed by atoms with Gasteiger partial charge in [0.2, 0.25) is 0 Å². The third kappa shape index (κ3) is 3.63. The van der Waals surface area contributed by atoms with Crippen LogP contribution in [0.4, 0.5) is 0 Å². The molecule has 0 spiro atoms. The summed E-state index contributed by atoms with van der Waals surface area (Å²) in [5.41, 5.74) is 1.25. The molecule has 0 unspecified atom stereocenters. The van der Waals surface area contributed by atoms with E-state index in [1.54, 1.807) is 6.26 Å². The summed E-state index contributed by atoms with van der Waals surface area (Å²) in [5, 5.41) is 0. The number of rotatable bonds is 5. The van der Waals surface area contributed by atoms with Gasteiger partial charge < -0.3 is 18.6 Å². The van der Waals surface area contributed by atoms with Gasteiger partial charge in [-0.25, -0.2) is 0 Å². The summed E-state index contributed by atoms with van der Waals surface area (Å²) in [6.07, 6.45) is 8.63. The van der Waals surface area contributed by atoms with Gasteiger partial charge in [-0.3, -0.25) is 4.90 Å². The third-order valence-electron chi connectivity index (χ3n) is 5.50. The van der Waals surface area contributed by atoms with Crippen LogP contribution in [-0.4, -0.2) is 56.1 Å². The first-order chi connectivity index (χ1) is 11.4. The van der Waals surface area contributed by atoms with Crippen molar-refractivity contribution in [3.8, 4) is 0 Å². The fraction of sp³-hybridized carbons (Fsp3) is 0.778. The molecule has 2 saturated heterocycles. The molecule has 3 aliphatic rings. The van der Waals surface area contributed by atoms with Gasteiger partial charge in [0.05, 0.1) is 37.9 Å². The van der Waals surface area contributed by atoms with E-state index in [0.717, 1.165) is 58.8 Å². The summed E-state index contributed by atoms with van der Waals surface area (Å²) in [4.78, 5) is 2.54. The third-order valence-corrected chi connectivity index (χ3v) is 5.50. The summed E-state index contributed by atoms with van der Waals surface area (Å²) in [5.74, 6) is 0.661. The fourth-order valence-electron chi connectivity index (χ4n) is 4.16. The second-order valence-corrected chi connectivity index (χ2v) is 7.01. The number of morpholine rings is 1. The molecule has 5 heteroatoms. The van der Waals surface area contributed by atoms with Crippen molar-refractivity contribution in [2.75, 3.05) is 33.0 Å². The van der Waals surface area contributed by atoms with Gasteiger partial charge in [0.15, 0.2) is 0 Å². The van der Waals surface area contributed by atoms with Gasteiger partial charge in [0, 0.05) is 37.9 Å². The first kappa shape index (κ1) is 15.6. The molecule has 23 heavy (non-hydrogen) atoms. The standard InChI is InChI=1S/C18H27NO4/c1-2-17(23-13-14-3-7-20-8-4-14)18-16(1)19(6-10-22-18)11-15-5-9-21-12-15/h5,9,12,14,16-18H,1-4,6-8,10-11,13H2/t16-,17+,18+/m0/s1. The van der Waals surface area contributed by atoms with Crippen molar-refractivity contribution in [1.29, 1.82) is 0 Å². The van der Waals surface area contributed by atoms with Crippen LogP contribution in [0, 0.1) is 5.92 Å². The predicted molar refractivity (Wildman–Crippen MR) is 85.2 cm³/mol. The molecule has 0 N–H and O–H groups in total. The molecule has 0 bridgehead atoms. The maximum atomic E-state index is 6.27. The molecule has 0 amide bonds. The average molecular weight is 321 g/mol. The summed E-state index contributed by atoms with van der Waals surface area (Å²) >= 11 is 0. The Kier molecular flexibility index (Phi) is 4.99. The molecule has 1 aliphatic carbocycles. The van der Waals surface area contributed by atoms with E-state index < -0.39 is 0 Å². The summed E-state index contributed by atoms with van der Waals surface area (Å²) in [6.45, 7) is 5.39. The summed E-state index contributed by atoms with van der Waals surface area (Å²) in [7, 11) is 0. The van der Waals surface area contributed by atoms with Crippen LogP contribution >= 0.6 is 0 Å². The zero-order valence-electron chi connectivity index (χ0n) is 13.7. The largest absolute Gasteiger partial charge is 0.472 e. The molecule has 1 saturated carbocycles. The molecule has 4 rings (SSSR count). The maximum Gasteiger partial charge on any atom is 0.0992 e. The number of nitrogens with zero attached hydrogens (tertiary/aromatic N) is 1. The van der Waals surface area contributed by atoms with E-state index in [2.05, 4.69) is 11.0 Å². The number of furan rings is 1. The highest BCUT2D eigenvalue weighted by Gasteiger charge is 2.43. The topological polar surface area (TPSA) is 44.1 Å². The Morgan fingerprint density at radius 2 is 2.04 bits per heavy atom. The Bertz CT molecular complexity index is 471. The molecule has 5 nitrogen and oxygen atoms in total. The summed E-state index contributed by atoms with van der Waals surface area (Å²) in [6, 6.07) is 2.54. The molecule has 3 heterocycles. The minimum atomic E-state index is 0.232. The van der Waals surface area contributed by atoms with Crippen LogP contribution in [-0.2, 0) is 20.8 Å². The highest BCUT2D eigenvalue weighted by molar-refractivity contribution is 5.07. The van der Waals surface area contributed by atoms with Gasteiger partial charge in [0.25, 0.3) is 0 Å². The van der Waals surface area contributed by atoms with Crippen molar-refractivity contribution in [3.63, 3.8) is 0 Å². The van der Waals surface area contributed by atoms with Gasteiger partial charge in [-0.15, -0.1) is 0 Å². The van der Waals surface area contributed by atoms with Crippen LogP contribution < -0.4 is 0 Å². The molecule has 2 aliphatic heterocycles. The molecule has 3 atom stereocenters. The van der Waals surface area contributed by atoms with E-state index in [-0.39, 0.29) is 12.2 Å². The van der Waals surface area contributed by atoms with E-state index in [4.69, 9.17) is 18.6 Å². The van der Waals surface area contributed by atoms with Crippen molar-refractivity contribution in [3.05, 3.63) is 24.2 Å². The molecule has 1 aromatic heterocycles. The zero-order chi connectivity index (χ0) is 15.5. The first-order valence-corrected chi connectivity index (χ1v) is 8.96. The van der Waals surface area contributed by atoms with Crippen LogP contribution in [0.15, 0.2) is 23.0 Å². The fourth-order valence-corrected chi connectivity index (χ4v) is 4.16. The monoisotopic (exact) mass is 321 g/mol. The lowest BCUT2D eigenvalue weighted by Crippen LogP contribution is -2.51. The van der Waals surface area contributed by atoms with Crippen molar-refractivity contribution in [2.45, 2.75) is 50.5 Å². The minimum Gasteiger partial charge on any atom is -0.472 e. The highest BCUT2D eigenvalue weighted by Crippen LogP contribution is 2.33. The second kappa shape index (κ2) is 7.34. The van der Waals surface area contributed by atoms with E-state index in [0.29, 0.717) is 12.0 Å². The van der Waals surface area contributed by atoms with Crippen LogP contribution in [0.25, 0.3) is 0 Å². The second-order valence-electron chi connectivity index (χ2n) is 7.01. The first-order valence-electron chi connectivity index (χ1n) is 8.96. The van der Waals surface area contributed by atoms with Crippen LogP contribution in [0.3, 0.4) is 0 Å². The molecule has 0 radical (unpaired) electrons. The number of hydrogen-bond acceptors (Lipinski definition) is 5. The predicted octanol–water partition coefficient (Wildman–Crippen LogP) is 2.45. The number of ether oxygens (including phenoxy) is 3. The molecule has 128 valence electrons. The Morgan fingerprint density at radius 1 is 1.13 bits per heavy atom. The maximum absolute atomic E-state index is 6.27. The average Bonchev–Trinajstić information content (AvgIpc) is 3.24. The van der Waals surface area contributed by atoms with Gasteiger partial charge >= 0.3 is 0 Å². The van der Waals surface area contributed by atoms with Gasteiger partial charge in [0.1, 0.15) is 0 Å². The molecular formula is C18H27NO4. The van der Waals surface area contributed by atoms with Gasteiger partial charge in [-0.2, -0.15) is 0 Å². The Balaban J connectivity index is 1.31. The summed E-state index contributed by atoms with van der Waals surface area (Å²) < 4.78 is 23.0. The van der Waals surface area contributed by atoms with Crippen LogP contribution in [0.1, 0.15) is 31.2 Å². The molecule has 3 fully saturated rings. The molecular weight excluding hydrogens is 294 g/mol. The normalized spacial score (nSPS) is 33.0. The SMILES string of the molecule is c1cc(CN2CCO[C@H]3[C@H](OCC4CCOCC4)CC[C@@H]32)co1. The number of hydrogen-bond donors (Lipinski definition) is 0. The number of fused-ring (bicyclic) bond motifs is 1. The van der Waals surface area contributed by atoms with Crippen LogP contribution in [0.2, 0.25) is 0 Å². The Labute approximate surface area is 137 Å². The smallest absolute Gasteiger partial charge is 0.0992 e. The van der Waals surface area contributed by atoms with Crippen molar-refractivity contribution >= 4 is 0 Å². The van der Waals surface area contributed by atoms with Crippen LogP contribution in [0.5, 0.6) is 0 Å². The lowest BCUT2D eigenvalue weighted by molar-refractivity contribution is -0.122. The lowest BCUT2D eigenvalue weighted by Gasteiger charge is -2.39. The van der Waals surface area contributed by atoms with Gasteiger partial charge in [-0.1, -0.05) is 0 Å². The zero-order valence-corrected chi connectivity index (χ0v) is 13.7. The van der Waals surface area contributed by atoms with Crippen molar-refractivity contribution in [1.82, 2.24) is 4.90 Å². The van der Waals surface area contributed by atoms with E-state index in [1.807, 2.05) is 6.26 Å². The van der Waals surface area contributed by atoms with Crippen molar-refractivity contribution in [2.24, 2.45) is 5.92 Å². The Hall–Kier alpha value is -0.880. The molecule has 0 aromatic carbocycles. The van der Waals surface area contributed by atoms with E-state index >= 15 is 0 Å². The van der Waals surface area contributed by atoms with E-state index in [1.165, 1.54) is 12.0 Å². The Morgan fingerprint density at radius 3 is 2.87 bits per heavy atom. The van der Waals surface area contributed by atoms with Crippen molar-refractivity contribution < 1.29 is 18.6 Å². The van der Waals surface area contributed by atoms with Gasteiger partial charge in [-0.05, 0) is 37.7 Å². The molecule has 1 aromatic rings. The quantitative estimate of drug-likeness (QED) is 0.833. The highest BCUT2D eigenvalue weighted by atomic mass is 16.5. The lowest BCUT2D eigenvalue weighted by atomic mass is 10.0.